The van der Waals surface area contributed by atoms with Gasteiger partial charge in [-0.1, -0.05) is 41.5 Å². The Morgan fingerprint density at radius 2 is 1.46 bits per heavy atom. The van der Waals surface area contributed by atoms with E-state index in [1.54, 1.807) is 0 Å². The molecule has 0 aliphatic heterocycles. The van der Waals surface area contributed by atoms with Crippen LogP contribution in [0, 0.1) is 22.6 Å². The maximum absolute atomic E-state index is 8.54. The summed E-state index contributed by atoms with van der Waals surface area (Å²) >= 11 is 0. The van der Waals surface area contributed by atoms with E-state index in [0.29, 0.717) is 5.41 Å². The van der Waals surface area contributed by atoms with E-state index in [-0.39, 0.29) is 11.3 Å². The zero-order valence-electron chi connectivity index (χ0n) is 11.2. The van der Waals surface area contributed by atoms with Crippen LogP contribution in [0.15, 0.2) is 0 Å². The molecule has 0 aromatic rings. The van der Waals surface area contributed by atoms with Crippen LogP contribution in [0.4, 0.5) is 0 Å². The van der Waals surface area contributed by atoms with Crippen molar-refractivity contribution in [1.82, 2.24) is 0 Å². The van der Waals surface area contributed by atoms with Gasteiger partial charge in [0.25, 0.3) is 0 Å². The summed E-state index contributed by atoms with van der Waals surface area (Å²) in [5, 5.41) is 0. The van der Waals surface area contributed by atoms with Gasteiger partial charge in [0, 0.05) is 1.37 Å². The summed E-state index contributed by atoms with van der Waals surface area (Å²) in [5.74, 6) is 0.546. The Hall–Kier alpha value is 0. The Morgan fingerprint density at radius 1 is 0.923 bits per heavy atom. The fraction of sp³-hybridized carbons (Fsp3) is 1.00. The van der Waals surface area contributed by atoms with Gasteiger partial charge in [0.2, 0.25) is 0 Å². The van der Waals surface area contributed by atoms with Crippen molar-refractivity contribution in [2.75, 3.05) is 0 Å². The van der Waals surface area contributed by atoms with Crippen LogP contribution in [-0.2, 0) is 0 Å². The molecule has 1 saturated carbocycles. The third-order valence-corrected chi connectivity index (χ3v) is 3.57. The van der Waals surface area contributed by atoms with Crippen LogP contribution < -0.4 is 0 Å². The van der Waals surface area contributed by atoms with E-state index in [1.807, 2.05) is 0 Å². The SMILES string of the molecule is [2H]C1(C(C)(C)C)CCC(C(C)(C)C)C1. The average molecular weight is 183 g/mol. The van der Waals surface area contributed by atoms with Crippen molar-refractivity contribution in [1.29, 1.82) is 0 Å². The van der Waals surface area contributed by atoms with Crippen molar-refractivity contribution in [2.45, 2.75) is 60.8 Å². The molecule has 1 aliphatic rings. The summed E-state index contributed by atoms with van der Waals surface area (Å²) in [5.41, 5.74) is 0.515. The number of rotatable bonds is 0. The van der Waals surface area contributed by atoms with E-state index in [9.17, 15) is 0 Å². The van der Waals surface area contributed by atoms with Gasteiger partial charge in [-0.15, -0.1) is 0 Å². The molecule has 0 amide bonds. The zero-order valence-corrected chi connectivity index (χ0v) is 10.2. The van der Waals surface area contributed by atoms with E-state index in [1.165, 1.54) is 6.42 Å². The Balaban J connectivity index is 2.75. The first-order chi connectivity index (χ1) is 6.06. The molecule has 0 aromatic carbocycles. The Kier molecular flexibility index (Phi) is 2.42. The van der Waals surface area contributed by atoms with Crippen LogP contribution in [-0.4, -0.2) is 0 Å². The molecular formula is C13H26. The topological polar surface area (TPSA) is 0 Å². The van der Waals surface area contributed by atoms with Crippen LogP contribution in [0.2, 0.25) is 0 Å². The van der Waals surface area contributed by atoms with Crippen molar-refractivity contribution in [3.8, 4) is 0 Å². The van der Waals surface area contributed by atoms with E-state index in [2.05, 4.69) is 41.5 Å². The molecule has 0 heteroatoms. The largest absolute Gasteiger partial charge is 0.0599 e. The van der Waals surface area contributed by atoms with Crippen molar-refractivity contribution in [3.05, 3.63) is 0 Å². The second-order valence-corrected chi connectivity index (χ2v) is 6.66. The smallest absolute Gasteiger partial charge is 0.0308 e. The molecule has 0 heterocycles. The molecule has 1 fully saturated rings. The minimum absolute atomic E-state index is 0.132. The molecule has 2 atom stereocenters. The fourth-order valence-corrected chi connectivity index (χ4v) is 2.27. The molecule has 1 rings (SSSR count). The van der Waals surface area contributed by atoms with Gasteiger partial charge in [0.05, 0.1) is 0 Å². The van der Waals surface area contributed by atoms with Crippen molar-refractivity contribution in [3.63, 3.8) is 0 Å². The predicted molar refractivity (Wildman–Crippen MR) is 59.7 cm³/mol. The quantitative estimate of drug-likeness (QED) is 0.519. The molecule has 0 N–H and O–H groups in total. The molecule has 0 radical (unpaired) electrons. The molecule has 1 aliphatic carbocycles. The van der Waals surface area contributed by atoms with Crippen molar-refractivity contribution in [2.24, 2.45) is 22.6 Å². The first kappa shape index (κ1) is 9.55. The van der Waals surface area contributed by atoms with Gasteiger partial charge in [-0.05, 0) is 41.9 Å². The third-order valence-electron chi connectivity index (χ3n) is 3.57. The Bertz CT molecular complexity index is 206. The van der Waals surface area contributed by atoms with Crippen molar-refractivity contribution >= 4 is 0 Å². The average Bonchev–Trinajstić information content (AvgIpc) is 2.29. The molecule has 13 heavy (non-hydrogen) atoms. The fourth-order valence-electron chi connectivity index (χ4n) is 2.27. The monoisotopic (exact) mass is 183 g/mol. The minimum Gasteiger partial charge on any atom is -0.0599 e. The highest BCUT2D eigenvalue weighted by molar-refractivity contribution is 4.88. The number of hydrogen-bond acceptors (Lipinski definition) is 0. The second-order valence-electron chi connectivity index (χ2n) is 6.66. The van der Waals surface area contributed by atoms with Crippen LogP contribution >= 0.6 is 0 Å². The lowest BCUT2D eigenvalue weighted by Crippen LogP contribution is -2.21. The molecule has 0 saturated heterocycles. The lowest BCUT2D eigenvalue weighted by molar-refractivity contribution is 0.197. The molecule has 0 bridgehead atoms. The summed E-state index contributed by atoms with van der Waals surface area (Å²) in [4.78, 5) is 0. The summed E-state index contributed by atoms with van der Waals surface area (Å²) in [6.45, 7) is 13.6. The normalized spacial score (nSPS) is 37.7. The standard InChI is InChI=1S/C13H26/c1-12(2,3)10-7-8-11(9-10)13(4,5)6/h10-11H,7-9H2,1-6H3/i10D. The van der Waals surface area contributed by atoms with Gasteiger partial charge in [-0.25, -0.2) is 0 Å². The summed E-state index contributed by atoms with van der Waals surface area (Å²) in [7, 11) is 0. The molecule has 78 valence electrons. The summed E-state index contributed by atoms with van der Waals surface area (Å²) in [6, 6.07) is 0. The molecule has 0 spiro atoms. The molecule has 0 aromatic heterocycles. The molecule has 2 unspecified atom stereocenters. The van der Waals surface area contributed by atoms with E-state index >= 15 is 0 Å². The van der Waals surface area contributed by atoms with E-state index < -0.39 is 0 Å². The zero-order chi connectivity index (χ0) is 11.2. The maximum Gasteiger partial charge on any atom is 0.0308 e. The van der Waals surface area contributed by atoms with Gasteiger partial charge in [0.1, 0.15) is 0 Å². The van der Waals surface area contributed by atoms with Crippen LogP contribution in [0.1, 0.15) is 62.2 Å². The van der Waals surface area contributed by atoms with Gasteiger partial charge in [-0.2, -0.15) is 0 Å². The third kappa shape index (κ3) is 2.72. The van der Waals surface area contributed by atoms with Crippen LogP contribution in [0.25, 0.3) is 0 Å². The maximum atomic E-state index is 8.54. The Labute approximate surface area is 85.5 Å². The highest BCUT2D eigenvalue weighted by Crippen LogP contribution is 2.47. The molecule has 0 nitrogen and oxygen atoms in total. The first-order valence-corrected chi connectivity index (χ1v) is 5.56. The lowest BCUT2D eigenvalue weighted by Gasteiger charge is -2.30. The highest BCUT2D eigenvalue weighted by atomic mass is 14.4. The Morgan fingerprint density at radius 3 is 1.69 bits per heavy atom. The van der Waals surface area contributed by atoms with Gasteiger partial charge >= 0.3 is 0 Å². The second kappa shape index (κ2) is 3.29. The first-order valence-electron chi connectivity index (χ1n) is 6.06. The summed E-state index contributed by atoms with van der Waals surface area (Å²) < 4.78 is 8.54. The van der Waals surface area contributed by atoms with E-state index in [0.717, 1.165) is 18.8 Å². The predicted octanol–water partition coefficient (Wildman–Crippen LogP) is 4.49. The number of hydrogen-bond donors (Lipinski definition) is 0. The van der Waals surface area contributed by atoms with Crippen LogP contribution in [0.5, 0.6) is 0 Å². The molecular weight excluding hydrogens is 156 g/mol. The lowest BCUT2D eigenvalue weighted by atomic mass is 9.75. The summed E-state index contributed by atoms with van der Waals surface area (Å²) in [6.07, 6.45) is 3.41. The minimum atomic E-state index is -0.190. The van der Waals surface area contributed by atoms with Crippen molar-refractivity contribution < 1.29 is 1.37 Å². The van der Waals surface area contributed by atoms with Gasteiger partial charge in [0.15, 0.2) is 0 Å². The van der Waals surface area contributed by atoms with Gasteiger partial charge in [-0.3, -0.25) is 0 Å². The highest BCUT2D eigenvalue weighted by Gasteiger charge is 2.37. The van der Waals surface area contributed by atoms with Crippen LogP contribution in [0.3, 0.4) is 0 Å². The van der Waals surface area contributed by atoms with Gasteiger partial charge < -0.3 is 0 Å². The van der Waals surface area contributed by atoms with E-state index in [4.69, 9.17) is 1.37 Å².